The van der Waals surface area contributed by atoms with Crippen LogP contribution in [0, 0.1) is 0 Å². The molecule has 2 heterocycles. The van der Waals surface area contributed by atoms with Crippen LogP contribution in [0.2, 0.25) is 0 Å². The maximum absolute atomic E-state index is 13.4. The van der Waals surface area contributed by atoms with E-state index in [1.54, 1.807) is 24.5 Å². The predicted molar refractivity (Wildman–Crippen MR) is 107 cm³/mol. The maximum atomic E-state index is 13.4. The first-order valence-electron chi connectivity index (χ1n) is 8.82. The van der Waals surface area contributed by atoms with Gasteiger partial charge in [-0.25, -0.2) is 8.42 Å². The molecule has 0 aliphatic carbocycles. The Balaban J connectivity index is 1.75. The van der Waals surface area contributed by atoms with Gasteiger partial charge in [-0.05, 0) is 59.5 Å². The fourth-order valence-electron chi connectivity index (χ4n) is 3.45. The van der Waals surface area contributed by atoms with Crippen LogP contribution in [0.4, 0.5) is 5.69 Å². The van der Waals surface area contributed by atoms with E-state index in [4.69, 9.17) is 9.47 Å². The molecule has 0 atom stereocenters. The number of ether oxygens (including phenoxy) is 2. The van der Waals surface area contributed by atoms with Gasteiger partial charge in [0.25, 0.3) is 10.0 Å². The SMILES string of the molecule is COc1ccc(OC)c(S(=O)(=O)N2CCc3cc(-c4ccncc4)ccc32)c1. The topological polar surface area (TPSA) is 68.7 Å². The third-order valence-corrected chi connectivity index (χ3v) is 6.72. The zero-order chi connectivity index (χ0) is 19.7. The molecule has 0 unspecified atom stereocenters. The highest BCUT2D eigenvalue weighted by atomic mass is 32.2. The molecule has 0 fully saturated rings. The van der Waals surface area contributed by atoms with Crippen molar-refractivity contribution < 1.29 is 17.9 Å². The largest absolute Gasteiger partial charge is 0.497 e. The van der Waals surface area contributed by atoms with Crippen molar-refractivity contribution >= 4 is 15.7 Å². The minimum absolute atomic E-state index is 0.0976. The zero-order valence-electron chi connectivity index (χ0n) is 15.6. The Labute approximate surface area is 164 Å². The quantitative estimate of drug-likeness (QED) is 0.660. The number of benzene rings is 2. The van der Waals surface area contributed by atoms with E-state index in [1.807, 2.05) is 30.3 Å². The van der Waals surface area contributed by atoms with Gasteiger partial charge >= 0.3 is 0 Å². The lowest BCUT2D eigenvalue weighted by Crippen LogP contribution is -2.29. The standard InChI is InChI=1S/C21H20N2O4S/c1-26-18-4-6-20(27-2)21(14-18)28(24,25)23-12-9-17-13-16(3-5-19(17)23)15-7-10-22-11-8-15/h3-8,10-11,13-14H,9,12H2,1-2H3. The Hall–Kier alpha value is -3.06. The van der Waals surface area contributed by atoms with E-state index >= 15 is 0 Å². The maximum Gasteiger partial charge on any atom is 0.268 e. The Morgan fingerprint density at radius 2 is 1.71 bits per heavy atom. The Kier molecular flexibility index (Phi) is 4.68. The normalized spacial score (nSPS) is 13.3. The van der Waals surface area contributed by atoms with E-state index in [2.05, 4.69) is 4.98 Å². The molecule has 0 saturated heterocycles. The highest BCUT2D eigenvalue weighted by Gasteiger charge is 2.33. The summed E-state index contributed by atoms with van der Waals surface area (Å²) in [5.41, 5.74) is 3.79. The van der Waals surface area contributed by atoms with Gasteiger partial charge in [0.05, 0.1) is 19.9 Å². The van der Waals surface area contributed by atoms with Gasteiger partial charge in [-0.2, -0.15) is 0 Å². The van der Waals surface area contributed by atoms with Crippen LogP contribution in [0.1, 0.15) is 5.56 Å². The van der Waals surface area contributed by atoms with E-state index < -0.39 is 10.0 Å². The molecule has 4 rings (SSSR count). The van der Waals surface area contributed by atoms with Gasteiger partial charge in [-0.3, -0.25) is 9.29 Å². The molecule has 0 saturated carbocycles. The lowest BCUT2D eigenvalue weighted by Gasteiger charge is -2.21. The van der Waals surface area contributed by atoms with Crippen LogP contribution in [-0.2, 0) is 16.4 Å². The number of methoxy groups -OCH3 is 2. The van der Waals surface area contributed by atoms with Crippen molar-refractivity contribution in [2.75, 3.05) is 25.1 Å². The highest BCUT2D eigenvalue weighted by molar-refractivity contribution is 7.93. The first kappa shape index (κ1) is 18.3. The fraction of sp³-hybridized carbons (Fsp3) is 0.190. The summed E-state index contributed by atoms with van der Waals surface area (Å²) in [6.45, 7) is 0.387. The van der Waals surface area contributed by atoms with Crippen LogP contribution in [-0.4, -0.2) is 34.2 Å². The molecule has 2 aromatic carbocycles. The summed E-state index contributed by atoms with van der Waals surface area (Å²) in [6, 6.07) is 14.5. The second-order valence-corrected chi connectivity index (χ2v) is 8.25. The van der Waals surface area contributed by atoms with Crippen molar-refractivity contribution in [3.05, 3.63) is 66.5 Å². The third kappa shape index (κ3) is 3.07. The number of pyridine rings is 1. The molecule has 7 heteroatoms. The average molecular weight is 396 g/mol. The summed E-state index contributed by atoms with van der Waals surface area (Å²) < 4.78 is 38.7. The van der Waals surface area contributed by atoms with Crippen molar-refractivity contribution in [2.45, 2.75) is 11.3 Å². The number of anilines is 1. The molecule has 0 N–H and O–H groups in total. The van der Waals surface area contributed by atoms with Crippen molar-refractivity contribution in [2.24, 2.45) is 0 Å². The molecule has 3 aromatic rings. The molecule has 0 spiro atoms. The molecule has 1 aromatic heterocycles. The lowest BCUT2D eigenvalue weighted by atomic mass is 10.0. The van der Waals surface area contributed by atoms with E-state index in [9.17, 15) is 8.42 Å². The van der Waals surface area contributed by atoms with Crippen LogP contribution in [0.15, 0.2) is 65.8 Å². The van der Waals surface area contributed by atoms with E-state index in [-0.39, 0.29) is 4.90 Å². The lowest BCUT2D eigenvalue weighted by molar-refractivity contribution is 0.392. The number of hydrogen-bond donors (Lipinski definition) is 0. The van der Waals surface area contributed by atoms with Gasteiger partial charge in [-0.15, -0.1) is 0 Å². The van der Waals surface area contributed by atoms with E-state index in [0.717, 1.165) is 16.7 Å². The summed E-state index contributed by atoms with van der Waals surface area (Å²) in [5, 5.41) is 0. The first-order valence-corrected chi connectivity index (χ1v) is 10.3. The Morgan fingerprint density at radius 3 is 2.43 bits per heavy atom. The predicted octanol–water partition coefficient (Wildman–Crippen LogP) is 3.52. The number of sulfonamides is 1. The molecule has 0 amide bonds. The highest BCUT2D eigenvalue weighted by Crippen LogP contribution is 2.38. The van der Waals surface area contributed by atoms with Crippen molar-refractivity contribution in [1.82, 2.24) is 4.98 Å². The smallest absolute Gasteiger partial charge is 0.268 e. The van der Waals surface area contributed by atoms with Gasteiger partial charge in [0.15, 0.2) is 0 Å². The first-order chi connectivity index (χ1) is 13.5. The number of hydrogen-bond acceptors (Lipinski definition) is 5. The second kappa shape index (κ2) is 7.16. The molecule has 1 aliphatic rings. The number of nitrogens with zero attached hydrogens (tertiary/aromatic N) is 2. The van der Waals surface area contributed by atoms with Crippen molar-refractivity contribution in [1.29, 1.82) is 0 Å². The molecule has 144 valence electrons. The number of fused-ring (bicyclic) bond motifs is 1. The zero-order valence-corrected chi connectivity index (χ0v) is 16.4. The van der Waals surface area contributed by atoms with Gasteiger partial charge in [0.2, 0.25) is 0 Å². The third-order valence-electron chi connectivity index (χ3n) is 4.88. The van der Waals surface area contributed by atoms with E-state index in [0.29, 0.717) is 30.2 Å². The summed E-state index contributed by atoms with van der Waals surface area (Å²) in [4.78, 5) is 4.14. The van der Waals surface area contributed by atoms with Gasteiger partial charge in [0.1, 0.15) is 16.4 Å². The minimum Gasteiger partial charge on any atom is -0.497 e. The minimum atomic E-state index is -3.79. The van der Waals surface area contributed by atoms with Crippen LogP contribution >= 0.6 is 0 Å². The van der Waals surface area contributed by atoms with Crippen LogP contribution in [0.3, 0.4) is 0 Å². The molecule has 28 heavy (non-hydrogen) atoms. The molecule has 0 radical (unpaired) electrons. The van der Waals surface area contributed by atoms with Crippen molar-refractivity contribution in [3.63, 3.8) is 0 Å². The molecular weight excluding hydrogens is 376 g/mol. The average Bonchev–Trinajstić information content (AvgIpc) is 3.18. The molecule has 1 aliphatic heterocycles. The van der Waals surface area contributed by atoms with Crippen LogP contribution in [0.25, 0.3) is 11.1 Å². The Morgan fingerprint density at radius 1 is 0.929 bits per heavy atom. The summed E-state index contributed by atoms with van der Waals surface area (Å²) in [5.74, 6) is 0.759. The Bertz CT molecular complexity index is 1110. The fourth-order valence-corrected chi connectivity index (χ4v) is 5.13. The van der Waals surface area contributed by atoms with Gasteiger partial charge in [-0.1, -0.05) is 6.07 Å². The van der Waals surface area contributed by atoms with E-state index in [1.165, 1.54) is 24.6 Å². The number of aromatic nitrogens is 1. The summed E-state index contributed by atoms with van der Waals surface area (Å²) in [6.07, 6.45) is 4.14. The summed E-state index contributed by atoms with van der Waals surface area (Å²) >= 11 is 0. The van der Waals surface area contributed by atoms with Crippen LogP contribution < -0.4 is 13.8 Å². The molecular formula is C21H20N2O4S. The molecule has 0 bridgehead atoms. The number of rotatable bonds is 5. The summed E-state index contributed by atoms with van der Waals surface area (Å²) in [7, 11) is -0.825. The van der Waals surface area contributed by atoms with Crippen LogP contribution in [0.5, 0.6) is 11.5 Å². The van der Waals surface area contributed by atoms with Crippen molar-refractivity contribution in [3.8, 4) is 22.6 Å². The van der Waals surface area contributed by atoms with Gasteiger partial charge in [0, 0.05) is 25.0 Å². The monoisotopic (exact) mass is 396 g/mol. The van der Waals surface area contributed by atoms with Gasteiger partial charge < -0.3 is 9.47 Å². The second-order valence-electron chi connectivity index (χ2n) is 6.42. The molecule has 6 nitrogen and oxygen atoms in total.